The maximum absolute atomic E-state index is 11.9. The van der Waals surface area contributed by atoms with Crippen molar-refractivity contribution in [1.29, 1.82) is 0 Å². The Hall–Kier alpha value is -1.59. The molecule has 0 atom stereocenters. The summed E-state index contributed by atoms with van der Waals surface area (Å²) in [5, 5.41) is 6.17. The third kappa shape index (κ3) is 1.95. The van der Waals surface area contributed by atoms with Gasteiger partial charge in [0.25, 0.3) is 5.91 Å². The molecule has 0 aliphatic rings. The fourth-order valence-electron chi connectivity index (χ4n) is 0.947. The second kappa shape index (κ2) is 3.88. The zero-order valence-corrected chi connectivity index (χ0v) is 7.25. The van der Waals surface area contributed by atoms with E-state index in [0.717, 1.165) is 0 Å². The van der Waals surface area contributed by atoms with Gasteiger partial charge in [0.05, 0.1) is 6.54 Å². The Morgan fingerprint density at radius 1 is 1.85 bits per heavy atom. The maximum atomic E-state index is 11.9. The van der Waals surface area contributed by atoms with Crippen LogP contribution in [0.3, 0.4) is 0 Å². The number of nitrogen functional groups attached to an aromatic ring is 1. The van der Waals surface area contributed by atoms with Crippen LogP contribution < -0.4 is 11.1 Å². The van der Waals surface area contributed by atoms with Crippen molar-refractivity contribution in [3.63, 3.8) is 0 Å². The molecule has 1 aromatic heterocycles. The number of nitrogens with one attached hydrogen (secondary N) is 1. The Morgan fingerprint density at radius 2 is 2.54 bits per heavy atom. The van der Waals surface area contributed by atoms with Crippen molar-refractivity contribution in [1.82, 2.24) is 15.1 Å². The van der Waals surface area contributed by atoms with Gasteiger partial charge in [-0.05, 0) is 0 Å². The van der Waals surface area contributed by atoms with Gasteiger partial charge in [-0.25, -0.2) is 4.39 Å². The summed E-state index contributed by atoms with van der Waals surface area (Å²) in [6.07, 6.45) is 1.42. The number of nitrogens with zero attached hydrogens (tertiary/aromatic N) is 2. The van der Waals surface area contributed by atoms with Crippen LogP contribution in [0.4, 0.5) is 10.2 Å². The molecule has 72 valence electrons. The Kier molecular flexibility index (Phi) is 2.84. The van der Waals surface area contributed by atoms with E-state index in [4.69, 9.17) is 5.73 Å². The topological polar surface area (TPSA) is 72.9 Å². The van der Waals surface area contributed by atoms with Crippen molar-refractivity contribution in [3.05, 3.63) is 11.8 Å². The van der Waals surface area contributed by atoms with Crippen LogP contribution >= 0.6 is 0 Å². The highest BCUT2D eigenvalue weighted by Crippen LogP contribution is 2.08. The predicted molar refractivity (Wildman–Crippen MR) is 46.0 cm³/mol. The fraction of sp³-hybridized carbons (Fsp3) is 0.429. The van der Waals surface area contributed by atoms with Crippen LogP contribution in [0, 0.1) is 0 Å². The first-order chi connectivity index (χ1) is 6.19. The lowest BCUT2D eigenvalue weighted by atomic mass is 10.3. The van der Waals surface area contributed by atoms with Crippen LogP contribution in [0.5, 0.6) is 0 Å². The number of carbonyl (C=O) groups is 1. The summed E-state index contributed by atoms with van der Waals surface area (Å²) in [6.45, 7) is -0.421. The molecule has 0 bridgehead atoms. The Morgan fingerprint density at radius 3 is 3.08 bits per heavy atom. The van der Waals surface area contributed by atoms with Gasteiger partial charge < -0.3 is 11.1 Å². The summed E-state index contributed by atoms with van der Waals surface area (Å²) in [5.41, 5.74) is 5.71. The molecule has 1 heterocycles. The molecule has 0 radical (unpaired) electrons. The van der Waals surface area contributed by atoms with Crippen LogP contribution in [-0.2, 0) is 6.54 Å². The second-order valence-electron chi connectivity index (χ2n) is 2.46. The molecule has 0 aliphatic carbocycles. The van der Waals surface area contributed by atoms with Gasteiger partial charge in [0.1, 0.15) is 12.2 Å². The number of hydrogen-bond acceptors (Lipinski definition) is 3. The van der Waals surface area contributed by atoms with Crippen molar-refractivity contribution in [2.75, 3.05) is 19.5 Å². The van der Waals surface area contributed by atoms with Crippen molar-refractivity contribution < 1.29 is 9.18 Å². The van der Waals surface area contributed by atoms with E-state index in [-0.39, 0.29) is 23.8 Å². The molecule has 1 rings (SSSR count). The normalized spacial score (nSPS) is 10.0. The molecular weight excluding hydrogens is 175 g/mol. The van der Waals surface area contributed by atoms with Gasteiger partial charge >= 0.3 is 0 Å². The molecule has 0 aliphatic heterocycles. The number of carbonyl (C=O) groups excluding carboxylic acids is 1. The second-order valence-corrected chi connectivity index (χ2v) is 2.46. The molecule has 0 aromatic carbocycles. The van der Waals surface area contributed by atoms with Crippen LogP contribution in [0.2, 0.25) is 0 Å². The molecule has 13 heavy (non-hydrogen) atoms. The minimum absolute atomic E-state index is 0.112. The number of aromatic nitrogens is 2. The smallest absolute Gasteiger partial charge is 0.256 e. The first-order valence-corrected chi connectivity index (χ1v) is 3.80. The molecule has 1 aromatic rings. The van der Waals surface area contributed by atoms with E-state index < -0.39 is 6.67 Å². The first kappa shape index (κ1) is 9.50. The lowest BCUT2D eigenvalue weighted by molar-refractivity contribution is 0.0964. The molecule has 1 amide bonds. The van der Waals surface area contributed by atoms with E-state index in [9.17, 15) is 9.18 Å². The van der Waals surface area contributed by atoms with Crippen LogP contribution in [0.1, 0.15) is 10.4 Å². The molecule has 0 saturated heterocycles. The van der Waals surface area contributed by atoms with Crippen molar-refractivity contribution in [2.45, 2.75) is 6.54 Å². The molecule has 0 saturated carbocycles. The third-order valence-electron chi connectivity index (χ3n) is 1.58. The summed E-state index contributed by atoms with van der Waals surface area (Å²) in [7, 11) is 1.49. The van der Waals surface area contributed by atoms with Crippen LogP contribution in [-0.4, -0.2) is 29.4 Å². The van der Waals surface area contributed by atoms with E-state index in [1.54, 1.807) is 0 Å². The highest BCUT2D eigenvalue weighted by molar-refractivity contribution is 5.97. The van der Waals surface area contributed by atoms with Gasteiger partial charge in [-0.2, -0.15) is 5.10 Å². The summed E-state index contributed by atoms with van der Waals surface area (Å²) in [4.78, 5) is 11.1. The van der Waals surface area contributed by atoms with E-state index in [1.807, 2.05) is 0 Å². The van der Waals surface area contributed by atoms with Crippen molar-refractivity contribution >= 4 is 11.7 Å². The number of hydrogen-bond donors (Lipinski definition) is 2. The summed E-state index contributed by atoms with van der Waals surface area (Å²) < 4.78 is 13.2. The predicted octanol–water partition coefficient (Wildman–Crippen LogP) is -0.206. The lowest BCUT2D eigenvalue weighted by Gasteiger charge is -1.94. The van der Waals surface area contributed by atoms with E-state index in [0.29, 0.717) is 0 Å². The lowest BCUT2D eigenvalue weighted by Crippen LogP contribution is -2.18. The number of aryl methyl sites for hydroxylation is 1. The number of rotatable bonds is 3. The average Bonchev–Trinajstić information content (AvgIpc) is 2.46. The largest absolute Gasteiger partial charge is 0.382 e. The number of nitrogens with two attached hydrogens (primary N) is 1. The van der Waals surface area contributed by atoms with Gasteiger partial charge in [0, 0.05) is 13.2 Å². The minimum atomic E-state index is -0.533. The standard InChI is InChI=1S/C7H11FN4O/c1-10-7(13)5-4-12(3-2-8)11-6(5)9/h4H,2-3H2,1H3,(H2,9,11)(H,10,13). The van der Waals surface area contributed by atoms with Crippen molar-refractivity contribution in [3.8, 4) is 0 Å². The molecule has 5 nitrogen and oxygen atoms in total. The summed E-state index contributed by atoms with van der Waals surface area (Å²) in [5.74, 6) is -0.199. The third-order valence-corrected chi connectivity index (χ3v) is 1.58. The summed E-state index contributed by atoms with van der Waals surface area (Å²) in [6, 6.07) is 0. The number of amides is 1. The molecule has 0 spiro atoms. The summed E-state index contributed by atoms with van der Waals surface area (Å²) >= 11 is 0. The van der Waals surface area contributed by atoms with Gasteiger partial charge in [-0.3, -0.25) is 9.48 Å². The molecular formula is C7H11FN4O. The van der Waals surface area contributed by atoms with E-state index >= 15 is 0 Å². The molecule has 3 N–H and O–H groups in total. The minimum Gasteiger partial charge on any atom is -0.382 e. The molecule has 0 fully saturated rings. The zero-order chi connectivity index (χ0) is 9.84. The number of anilines is 1. The van der Waals surface area contributed by atoms with Crippen molar-refractivity contribution in [2.24, 2.45) is 0 Å². The average molecular weight is 186 g/mol. The number of alkyl halides is 1. The maximum Gasteiger partial charge on any atom is 0.256 e. The van der Waals surface area contributed by atoms with E-state index in [1.165, 1.54) is 17.9 Å². The highest BCUT2D eigenvalue weighted by atomic mass is 19.1. The van der Waals surface area contributed by atoms with Gasteiger partial charge in [0.15, 0.2) is 5.82 Å². The molecule has 0 unspecified atom stereocenters. The fourth-order valence-corrected chi connectivity index (χ4v) is 0.947. The zero-order valence-electron chi connectivity index (χ0n) is 7.25. The first-order valence-electron chi connectivity index (χ1n) is 3.80. The van der Waals surface area contributed by atoms with Crippen LogP contribution in [0.15, 0.2) is 6.20 Å². The number of halogens is 1. The monoisotopic (exact) mass is 186 g/mol. The Bertz CT molecular complexity index is 309. The Balaban J connectivity index is 2.89. The van der Waals surface area contributed by atoms with E-state index in [2.05, 4.69) is 10.4 Å². The SMILES string of the molecule is CNC(=O)c1cn(CCF)nc1N. The van der Waals surface area contributed by atoms with Gasteiger partial charge in [-0.1, -0.05) is 0 Å². The quantitative estimate of drug-likeness (QED) is 0.686. The van der Waals surface area contributed by atoms with Gasteiger partial charge in [0.2, 0.25) is 0 Å². The van der Waals surface area contributed by atoms with Gasteiger partial charge in [-0.15, -0.1) is 0 Å². The van der Waals surface area contributed by atoms with Crippen LogP contribution in [0.25, 0.3) is 0 Å². The highest BCUT2D eigenvalue weighted by Gasteiger charge is 2.11. The molecule has 6 heteroatoms. The Labute approximate surface area is 74.7 Å².